The van der Waals surface area contributed by atoms with Crippen molar-refractivity contribution in [2.75, 3.05) is 0 Å². The molecule has 0 unspecified atom stereocenters. The second kappa shape index (κ2) is 2.61. The average Bonchev–Trinajstić information content (AvgIpc) is 2.43. The van der Waals surface area contributed by atoms with Crippen molar-refractivity contribution in [3.05, 3.63) is 53.2 Å². The third-order valence-electron chi connectivity index (χ3n) is 2.76. The molecular formula is C13H11N. The van der Waals surface area contributed by atoms with Crippen LogP contribution >= 0.6 is 0 Å². The fourth-order valence-electron chi connectivity index (χ4n) is 2.17. The molecule has 0 saturated heterocycles. The first kappa shape index (κ1) is 7.63. The zero-order valence-electron chi connectivity index (χ0n) is 7.83. The molecule has 2 N–H and O–H groups in total. The molecule has 3 rings (SSSR count). The van der Waals surface area contributed by atoms with E-state index in [2.05, 4.69) is 42.5 Å². The van der Waals surface area contributed by atoms with Crippen molar-refractivity contribution >= 4 is 6.08 Å². The molecule has 68 valence electrons. The smallest absolute Gasteiger partial charge is 0.0131 e. The third-order valence-corrected chi connectivity index (χ3v) is 2.76. The van der Waals surface area contributed by atoms with Gasteiger partial charge in [0.15, 0.2) is 0 Å². The van der Waals surface area contributed by atoms with E-state index in [1.165, 1.54) is 22.3 Å². The van der Waals surface area contributed by atoms with Crippen LogP contribution in [0.25, 0.3) is 17.2 Å². The Morgan fingerprint density at radius 1 is 1.00 bits per heavy atom. The first-order valence-electron chi connectivity index (χ1n) is 4.81. The Labute approximate surface area is 83.2 Å². The highest BCUT2D eigenvalue weighted by Crippen LogP contribution is 2.35. The number of rotatable bonds is 0. The summed E-state index contributed by atoms with van der Waals surface area (Å²) in [6, 6.07) is 12.8. The molecule has 0 fully saturated rings. The Kier molecular flexibility index (Phi) is 1.42. The van der Waals surface area contributed by atoms with Gasteiger partial charge in [-0.1, -0.05) is 36.4 Å². The zero-order valence-corrected chi connectivity index (χ0v) is 7.83. The molecule has 0 aliphatic heterocycles. The van der Waals surface area contributed by atoms with Gasteiger partial charge in [0.25, 0.3) is 0 Å². The van der Waals surface area contributed by atoms with Crippen molar-refractivity contribution in [2.24, 2.45) is 5.73 Å². The van der Waals surface area contributed by atoms with Gasteiger partial charge in [0.1, 0.15) is 0 Å². The summed E-state index contributed by atoms with van der Waals surface area (Å²) in [7, 11) is 0. The van der Waals surface area contributed by atoms with Crippen LogP contribution in [-0.4, -0.2) is 0 Å². The van der Waals surface area contributed by atoms with Crippen LogP contribution in [0.4, 0.5) is 0 Å². The van der Waals surface area contributed by atoms with E-state index >= 15 is 0 Å². The number of hydrogen-bond donors (Lipinski definition) is 1. The van der Waals surface area contributed by atoms with Gasteiger partial charge < -0.3 is 5.73 Å². The minimum Gasteiger partial charge on any atom is -0.402 e. The first-order chi connectivity index (χ1) is 6.84. The standard InChI is InChI=1S/C13H11N/c14-12-7-10-4-2-1-3-9-5-6-11(8-12)13(9)10/h1-7H,8,14H2. The topological polar surface area (TPSA) is 26.0 Å². The van der Waals surface area contributed by atoms with Crippen LogP contribution in [0.1, 0.15) is 11.1 Å². The highest BCUT2D eigenvalue weighted by Gasteiger charge is 2.15. The maximum Gasteiger partial charge on any atom is 0.0131 e. The fraction of sp³-hybridized carbons (Fsp3) is 0.0769. The lowest BCUT2D eigenvalue weighted by Crippen LogP contribution is -2.05. The monoisotopic (exact) mass is 181 g/mol. The highest BCUT2D eigenvalue weighted by atomic mass is 14.6. The number of hydrogen-bond acceptors (Lipinski definition) is 1. The minimum absolute atomic E-state index is 0.889. The molecule has 14 heavy (non-hydrogen) atoms. The van der Waals surface area contributed by atoms with Crippen LogP contribution in [0.2, 0.25) is 0 Å². The Hall–Kier alpha value is -1.76. The maximum atomic E-state index is 5.89. The van der Waals surface area contributed by atoms with E-state index in [0.717, 1.165) is 12.1 Å². The van der Waals surface area contributed by atoms with Crippen LogP contribution in [-0.2, 0) is 6.42 Å². The largest absolute Gasteiger partial charge is 0.402 e. The number of nitrogens with two attached hydrogens (primary N) is 1. The van der Waals surface area contributed by atoms with E-state index in [1.807, 2.05) is 0 Å². The third kappa shape index (κ3) is 0.956. The van der Waals surface area contributed by atoms with Crippen molar-refractivity contribution in [1.82, 2.24) is 0 Å². The van der Waals surface area contributed by atoms with Crippen molar-refractivity contribution in [3.8, 4) is 11.1 Å². The number of allylic oxidation sites excluding steroid dienone is 1. The van der Waals surface area contributed by atoms with Gasteiger partial charge in [-0.2, -0.15) is 0 Å². The molecule has 0 heterocycles. The summed E-state index contributed by atoms with van der Waals surface area (Å²) in [6.07, 6.45) is 2.97. The molecule has 0 aromatic rings. The Morgan fingerprint density at radius 3 is 2.79 bits per heavy atom. The van der Waals surface area contributed by atoms with Gasteiger partial charge in [-0.25, -0.2) is 0 Å². The highest BCUT2D eigenvalue weighted by molar-refractivity contribution is 5.83. The van der Waals surface area contributed by atoms with E-state index < -0.39 is 0 Å². The summed E-state index contributed by atoms with van der Waals surface area (Å²) in [5, 5.41) is 0. The molecule has 0 atom stereocenters. The first-order valence-corrected chi connectivity index (χ1v) is 4.81. The zero-order chi connectivity index (χ0) is 9.54. The van der Waals surface area contributed by atoms with E-state index in [4.69, 9.17) is 5.73 Å². The molecule has 1 heteroatoms. The van der Waals surface area contributed by atoms with Gasteiger partial charge in [0.2, 0.25) is 0 Å². The van der Waals surface area contributed by atoms with E-state index in [1.54, 1.807) is 0 Å². The summed E-state index contributed by atoms with van der Waals surface area (Å²) in [4.78, 5) is 0. The van der Waals surface area contributed by atoms with E-state index in [-0.39, 0.29) is 0 Å². The van der Waals surface area contributed by atoms with Crippen LogP contribution in [0.5, 0.6) is 0 Å². The molecule has 3 aliphatic carbocycles. The molecule has 1 nitrogen and oxygen atoms in total. The van der Waals surface area contributed by atoms with Gasteiger partial charge in [0.05, 0.1) is 0 Å². The Morgan fingerprint density at radius 2 is 1.86 bits per heavy atom. The SMILES string of the molecule is NC1=Cc2ccccc3ccc(c2-3)C1. The van der Waals surface area contributed by atoms with Crippen molar-refractivity contribution in [1.29, 1.82) is 0 Å². The Balaban J connectivity index is 2.40. The second-order valence-electron chi connectivity index (χ2n) is 3.76. The lowest BCUT2D eigenvalue weighted by molar-refractivity contribution is 1.12. The van der Waals surface area contributed by atoms with Crippen molar-refractivity contribution in [3.63, 3.8) is 0 Å². The molecule has 0 bridgehead atoms. The van der Waals surface area contributed by atoms with Crippen LogP contribution in [0.3, 0.4) is 0 Å². The molecule has 0 radical (unpaired) electrons. The predicted octanol–water partition coefficient (Wildman–Crippen LogP) is 2.65. The van der Waals surface area contributed by atoms with Gasteiger partial charge in [-0.3, -0.25) is 0 Å². The summed E-state index contributed by atoms with van der Waals surface area (Å²) in [5.41, 5.74) is 12.1. The summed E-state index contributed by atoms with van der Waals surface area (Å²) < 4.78 is 0. The van der Waals surface area contributed by atoms with Gasteiger partial charge in [-0.15, -0.1) is 0 Å². The van der Waals surface area contributed by atoms with Gasteiger partial charge >= 0.3 is 0 Å². The van der Waals surface area contributed by atoms with Crippen LogP contribution < -0.4 is 5.73 Å². The lowest BCUT2D eigenvalue weighted by Gasteiger charge is -2.12. The molecule has 0 aromatic heterocycles. The van der Waals surface area contributed by atoms with Gasteiger partial charge in [-0.05, 0) is 28.3 Å². The maximum absolute atomic E-state index is 5.89. The normalized spacial score (nSPS) is 14.1. The minimum atomic E-state index is 0.889. The van der Waals surface area contributed by atoms with E-state index in [0.29, 0.717) is 0 Å². The molecule has 0 amide bonds. The quantitative estimate of drug-likeness (QED) is 0.664. The Bertz CT molecular complexity index is 497. The molecular weight excluding hydrogens is 170 g/mol. The molecule has 0 aromatic carbocycles. The molecule has 0 spiro atoms. The van der Waals surface area contributed by atoms with E-state index in [9.17, 15) is 0 Å². The summed E-state index contributed by atoms with van der Waals surface area (Å²) in [5.74, 6) is 0. The summed E-state index contributed by atoms with van der Waals surface area (Å²) in [6.45, 7) is 0. The predicted molar refractivity (Wildman–Crippen MR) is 58.9 cm³/mol. The van der Waals surface area contributed by atoms with Crippen LogP contribution in [0.15, 0.2) is 42.1 Å². The van der Waals surface area contributed by atoms with Crippen molar-refractivity contribution < 1.29 is 0 Å². The summed E-state index contributed by atoms with van der Waals surface area (Å²) >= 11 is 0. The molecule has 3 aliphatic rings. The second-order valence-corrected chi connectivity index (χ2v) is 3.76. The molecule has 0 saturated carbocycles. The van der Waals surface area contributed by atoms with Crippen molar-refractivity contribution in [2.45, 2.75) is 6.42 Å². The fourth-order valence-corrected chi connectivity index (χ4v) is 2.17. The van der Waals surface area contributed by atoms with Gasteiger partial charge in [0, 0.05) is 12.1 Å². The average molecular weight is 181 g/mol. The van der Waals surface area contributed by atoms with Crippen LogP contribution in [0, 0.1) is 0 Å². The lowest BCUT2D eigenvalue weighted by atomic mass is 9.95.